The van der Waals surface area contributed by atoms with Gasteiger partial charge in [0, 0.05) is 45.3 Å². The van der Waals surface area contributed by atoms with Crippen LogP contribution in [0.3, 0.4) is 0 Å². The zero-order chi connectivity index (χ0) is 17.4. The van der Waals surface area contributed by atoms with Gasteiger partial charge in [0.15, 0.2) is 0 Å². The molecule has 0 aliphatic carbocycles. The molecule has 1 N–H and O–H groups in total. The van der Waals surface area contributed by atoms with Crippen molar-refractivity contribution in [3.05, 3.63) is 46.1 Å². The lowest BCUT2D eigenvalue weighted by Gasteiger charge is -2.23. The molecule has 25 heavy (non-hydrogen) atoms. The Morgan fingerprint density at radius 3 is 3.04 bits per heavy atom. The standard InChI is InChI=1S/C18H23N5O2/c1-21-18(25)23-12-14(6-7-16(23)20-21)17(24)19-9-11-22-10-8-13-4-2-3-5-15(13)22/h2-5,14H,6-12H2,1H3,(H,19,24)/t14-/m0/s1. The highest BCUT2D eigenvalue weighted by Crippen LogP contribution is 2.26. The molecule has 1 aromatic heterocycles. The van der Waals surface area contributed by atoms with Gasteiger partial charge in [-0.3, -0.25) is 9.36 Å². The van der Waals surface area contributed by atoms with Gasteiger partial charge in [0.1, 0.15) is 5.82 Å². The molecule has 2 aromatic rings. The lowest BCUT2D eigenvalue weighted by molar-refractivity contribution is -0.125. The monoisotopic (exact) mass is 341 g/mol. The maximum Gasteiger partial charge on any atom is 0.345 e. The number of para-hydroxylation sites is 1. The normalized spacial score (nSPS) is 18.8. The van der Waals surface area contributed by atoms with Crippen LogP contribution in [-0.2, 0) is 31.2 Å². The number of hydrogen-bond donors (Lipinski definition) is 1. The van der Waals surface area contributed by atoms with Gasteiger partial charge in [-0.2, -0.15) is 5.10 Å². The van der Waals surface area contributed by atoms with Gasteiger partial charge in [-0.05, 0) is 24.5 Å². The van der Waals surface area contributed by atoms with Crippen molar-refractivity contribution in [3.63, 3.8) is 0 Å². The van der Waals surface area contributed by atoms with E-state index in [0.29, 0.717) is 19.5 Å². The number of benzene rings is 1. The Hall–Kier alpha value is -2.57. The SMILES string of the molecule is Cn1nc2n(c1=O)C[C@@H](C(=O)NCCN1CCc3ccccc31)CC2. The Morgan fingerprint density at radius 1 is 1.32 bits per heavy atom. The van der Waals surface area contributed by atoms with E-state index in [1.54, 1.807) is 11.6 Å². The summed E-state index contributed by atoms with van der Waals surface area (Å²) in [6.45, 7) is 2.87. The van der Waals surface area contributed by atoms with E-state index in [2.05, 4.69) is 39.6 Å². The van der Waals surface area contributed by atoms with E-state index in [-0.39, 0.29) is 17.5 Å². The average Bonchev–Trinajstić information content (AvgIpc) is 3.16. The van der Waals surface area contributed by atoms with Gasteiger partial charge in [-0.1, -0.05) is 18.2 Å². The van der Waals surface area contributed by atoms with Crippen LogP contribution in [0.4, 0.5) is 5.69 Å². The van der Waals surface area contributed by atoms with Gasteiger partial charge in [-0.25, -0.2) is 9.48 Å². The number of nitrogens with zero attached hydrogens (tertiary/aromatic N) is 4. The summed E-state index contributed by atoms with van der Waals surface area (Å²) in [5, 5.41) is 7.25. The Labute approximate surface area is 146 Å². The largest absolute Gasteiger partial charge is 0.369 e. The highest BCUT2D eigenvalue weighted by atomic mass is 16.2. The first-order valence-corrected chi connectivity index (χ1v) is 8.87. The summed E-state index contributed by atoms with van der Waals surface area (Å²) in [7, 11) is 1.65. The van der Waals surface area contributed by atoms with Gasteiger partial charge in [0.2, 0.25) is 5.91 Å². The molecule has 2 aliphatic rings. The van der Waals surface area contributed by atoms with Crippen LogP contribution < -0.4 is 15.9 Å². The minimum atomic E-state index is -0.153. The van der Waals surface area contributed by atoms with Crippen molar-refractivity contribution in [1.82, 2.24) is 19.7 Å². The molecule has 1 amide bonds. The van der Waals surface area contributed by atoms with E-state index < -0.39 is 0 Å². The summed E-state index contributed by atoms with van der Waals surface area (Å²) >= 11 is 0. The van der Waals surface area contributed by atoms with Gasteiger partial charge in [0.25, 0.3) is 0 Å². The van der Waals surface area contributed by atoms with Gasteiger partial charge in [0.05, 0.1) is 5.92 Å². The first-order chi connectivity index (χ1) is 12.1. The predicted molar refractivity (Wildman–Crippen MR) is 94.6 cm³/mol. The van der Waals surface area contributed by atoms with Gasteiger partial charge in [-0.15, -0.1) is 0 Å². The number of amides is 1. The molecular weight excluding hydrogens is 318 g/mol. The molecule has 132 valence electrons. The predicted octanol–water partition coefficient (Wildman–Crippen LogP) is 0.323. The number of carbonyl (C=O) groups excluding carboxylic acids is 1. The molecule has 0 fully saturated rings. The number of aryl methyl sites for hydroxylation is 2. The van der Waals surface area contributed by atoms with E-state index in [1.165, 1.54) is 15.9 Å². The fraction of sp³-hybridized carbons (Fsp3) is 0.500. The van der Waals surface area contributed by atoms with Crippen LogP contribution in [0.5, 0.6) is 0 Å². The van der Waals surface area contributed by atoms with E-state index in [0.717, 1.165) is 31.8 Å². The van der Waals surface area contributed by atoms with Crippen LogP contribution in [0.15, 0.2) is 29.1 Å². The lowest BCUT2D eigenvalue weighted by atomic mass is 9.98. The van der Waals surface area contributed by atoms with Crippen LogP contribution in [0.25, 0.3) is 0 Å². The van der Waals surface area contributed by atoms with Crippen LogP contribution in [0.1, 0.15) is 17.8 Å². The third kappa shape index (κ3) is 2.94. The number of carbonyl (C=O) groups is 1. The molecule has 4 rings (SSSR count). The summed E-state index contributed by atoms with van der Waals surface area (Å²) in [5.41, 5.74) is 2.52. The van der Waals surface area contributed by atoms with Crippen LogP contribution in [0.2, 0.25) is 0 Å². The van der Waals surface area contributed by atoms with Gasteiger partial charge >= 0.3 is 5.69 Å². The van der Waals surface area contributed by atoms with Crippen LogP contribution >= 0.6 is 0 Å². The third-order valence-electron chi connectivity index (χ3n) is 5.24. The first-order valence-electron chi connectivity index (χ1n) is 8.87. The quantitative estimate of drug-likeness (QED) is 0.870. The second-order valence-electron chi connectivity index (χ2n) is 6.83. The lowest BCUT2D eigenvalue weighted by Crippen LogP contribution is -2.41. The summed E-state index contributed by atoms with van der Waals surface area (Å²) < 4.78 is 2.98. The fourth-order valence-electron chi connectivity index (χ4n) is 3.85. The van der Waals surface area contributed by atoms with E-state index >= 15 is 0 Å². The molecule has 1 atom stereocenters. The van der Waals surface area contributed by atoms with Crippen molar-refractivity contribution >= 4 is 11.6 Å². The number of hydrogen-bond acceptors (Lipinski definition) is 4. The smallest absolute Gasteiger partial charge is 0.345 e. The number of rotatable bonds is 4. The van der Waals surface area contributed by atoms with Gasteiger partial charge < -0.3 is 10.2 Å². The molecule has 3 heterocycles. The molecule has 0 saturated carbocycles. The summed E-state index contributed by atoms with van der Waals surface area (Å²) in [4.78, 5) is 26.8. The van der Waals surface area contributed by atoms with Crippen molar-refractivity contribution in [2.75, 3.05) is 24.5 Å². The zero-order valence-electron chi connectivity index (χ0n) is 14.4. The Balaban J connectivity index is 1.32. The summed E-state index contributed by atoms with van der Waals surface area (Å²) in [6, 6.07) is 8.43. The zero-order valence-corrected chi connectivity index (χ0v) is 14.4. The maximum atomic E-state index is 12.5. The number of fused-ring (bicyclic) bond motifs is 2. The van der Waals surface area contributed by atoms with Crippen molar-refractivity contribution in [2.45, 2.75) is 25.8 Å². The fourth-order valence-corrected chi connectivity index (χ4v) is 3.85. The molecule has 7 heteroatoms. The molecule has 0 spiro atoms. The Kier molecular flexibility index (Phi) is 4.07. The molecular formula is C18H23N5O2. The minimum absolute atomic E-state index is 0.0360. The number of nitrogens with one attached hydrogen (secondary N) is 1. The van der Waals surface area contributed by atoms with E-state index in [1.807, 2.05) is 0 Å². The maximum absolute atomic E-state index is 12.5. The second kappa shape index (κ2) is 6.38. The van der Waals surface area contributed by atoms with Crippen molar-refractivity contribution < 1.29 is 4.79 Å². The Morgan fingerprint density at radius 2 is 2.16 bits per heavy atom. The molecule has 0 radical (unpaired) electrons. The minimum Gasteiger partial charge on any atom is -0.369 e. The van der Waals surface area contributed by atoms with Crippen molar-refractivity contribution in [1.29, 1.82) is 0 Å². The van der Waals surface area contributed by atoms with Crippen LogP contribution in [-0.4, -0.2) is 39.9 Å². The highest BCUT2D eigenvalue weighted by molar-refractivity contribution is 5.78. The molecule has 0 bridgehead atoms. The molecule has 1 aromatic carbocycles. The van der Waals surface area contributed by atoms with E-state index in [9.17, 15) is 9.59 Å². The topological polar surface area (TPSA) is 72.2 Å². The van der Waals surface area contributed by atoms with E-state index in [4.69, 9.17) is 0 Å². The highest BCUT2D eigenvalue weighted by Gasteiger charge is 2.27. The number of anilines is 1. The van der Waals surface area contributed by atoms with Crippen molar-refractivity contribution in [2.24, 2.45) is 13.0 Å². The van der Waals surface area contributed by atoms with Crippen molar-refractivity contribution in [3.8, 4) is 0 Å². The molecule has 0 unspecified atom stereocenters. The molecule has 0 saturated heterocycles. The Bertz CT molecular complexity index is 853. The summed E-state index contributed by atoms with van der Waals surface area (Å²) in [6.07, 6.45) is 2.49. The number of aromatic nitrogens is 3. The molecule has 2 aliphatic heterocycles. The average molecular weight is 341 g/mol. The van der Waals surface area contributed by atoms with Crippen LogP contribution in [0, 0.1) is 5.92 Å². The molecule has 7 nitrogen and oxygen atoms in total. The first kappa shape index (κ1) is 15.9. The third-order valence-corrected chi connectivity index (χ3v) is 5.24. The second-order valence-corrected chi connectivity index (χ2v) is 6.83. The summed E-state index contributed by atoms with van der Waals surface area (Å²) in [5.74, 6) is 0.666.